The van der Waals surface area contributed by atoms with Crippen LogP contribution >= 0.6 is 67.8 Å². The molecular weight excluding hydrogens is 805 g/mol. The van der Waals surface area contributed by atoms with E-state index in [0.29, 0.717) is 33.1 Å². The van der Waals surface area contributed by atoms with Crippen molar-refractivity contribution >= 4 is 101 Å². The first-order valence-corrected chi connectivity index (χ1v) is 13.9. The highest BCUT2D eigenvalue weighted by molar-refractivity contribution is 14.1. The first kappa shape index (κ1) is 28.8. The molecule has 1 aromatic rings. The van der Waals surface area contributed by atoms with Crippen molar-refractivity contribution in [1.29, 1.82) is 0 Å². The lowest BCUT2D eigenvalue weighted by Crippen LogP contribution is -2.36. The van der Waals surface area contributed by atoms with Gasteiger partial charge in [0.1, 0.15) is 0 Å². The first-order valence-electron chi connectivity index (χ1n) is 9.27. The number of rotatable bonds is 8. The molecule has 1 aromatic carbocycles. The number of alkyl halides is 2. The van der Waals surface area contributed by atoms with Gasteiger partial charge in [0.15, 0.2) is 16.7 Å². The molecular formula is C19H17F2I3NO7S-. The number of ether oxygens (including phenoxy) is 1. The summed E-state index contributed by atoms with van der Waals surface area (Å²) in [6.45, 7) is 2.86. The summed E-state index contributed by atoms with van der Waals surface area (Å²) in [5, 5.41) is -4.74. The van der Waals surface area contributed by atoms with E-state index in [4.69, 9.17) is 0 Å². The van der Waals surface area contributed by atoms with Crippen molar-refractivity contribution in [3.63, 3.8) is 0 Å². The first-order chi connectivity index (χ1) is 15.0. The number of esters is 1. The molecule has 8 nitrogen and oxygen atoms in total. The highest BCUT2D eigenvalue weighted by Gasteiger charge is 2.40. The molecule has 1 unspecified atom stereocenters. The summed E-state index contributed by atoms with van der Waals surface area (Å²) in [6, 6.07) is 1.73. The van der Waals surface area contributed by atoms with Crippen LogP contribution in [0, 0.1) is 16.6 Å². The molecule has 0 fully saturated rings. The lowest BCUT2D eigenvalue weighted by Gasteiger charge is -2.24. The standard InChI is InChI=1S/C19H18F2I3NO7S/c1-4-10(18(28)32-7-19(20,21)33(29,30)31)5-11-12(22)6-13(23)15(14(11)24)25-16(26)8(2)9(3)17(25)27/h6,10H,4-5,7H2,1-3H3,(H,29,30,31)/p-1. The number of hydrogen-bond acceptors (Lipinski definition) is 7. The van der Waals surface area contributed by atoms with Crippen molar-refractivity contribution < 1.29 is 40.9 Å². The fraction of sp³-hybridized carbons (Fsp3) is 0.421. The van der Waals surface area contributed by atoms with E-state index in [9.17, 15) is 36.1 Å². The summed E-state index contributed by atoms with van der Waals surface area (Å²) in [5.74, 6) is -2.92. The lowest BCUT2D eigenvalue weighted by molar-refractivity contribution is -0.154. The largest absolute Gasteiger partial charge is 0.743 e. The van der Waals surface area contributed by atoms with Crippen LogP contribution in [0.3, 0.4) is 0 Å². The Labute approximate surface area is 230 Å². The van der Waals surface area contributed by atoms with Gasteiger partial charge in [-0.25, -0.2) is 13.3 Å². The Hall–Kier alpha value is -0.470. The summed E-state index contributed by atoms with van der Waals surface area (Å²) in [6.07, 6.45) is 0.191. The Morgan fingerprint density at radius 2 is 1.67 bits per heavy atom. The maximum Gasteiger partial charge on any atom is 0.367 e. The molecule has 33 heavy (non-hydrogen) atoms. The summed E-state index contributed by atoms with van der Waals surface area (Å²) in [4.78, 5) is 38.9. The van der Waals surface area contributed by atoms with Gasteiger partial charge in [-0.2, -0.15) is 8.78 Å². The third-order valence-corrected chi connectivity index (χ3v) is 8.90. The second-order valence-corrected chi connectivity index (χ2v) is 12.1. The number of halogens is 5. The van der Waals surface area contributed by atoms with E-state index in [1.54, 1.807) is 26.8 Å². The topological polar surface area (TPSA) is 121 Å². The van der Waals surface area contributed by atoms with Crippen molar-refractivity contribution in [3.8, 4) is 0 Å². The van der Waals surface area contributed by atoms with Gasteiger partial charge >= 0.3 is 11.2 Å². The van der Waals surface area contributed by atoms with Crippen LogP contribution in [-0.4, -0.2) is 42.6 Å². The summed E-state index contributed by atoms with van der Waals surface area (Å²) in [7, 11) is -5.98. The van der Waals surface area contributed by atoms with Crippen molar-refractivity contribution in [1.82, 2.24) is 0 Å². The second kappa shape index (κ2) is 10.7. The molecule has 1 heterocycles. The van der Waals surface area contributed by atoms with Gasteiger partial charge in [-0.15, -0.1) is 0 Å². The zero-order valence-corrected chi connectivity index (χ0v) is 24.7. The van der Waals surface area contributed by atoms with Crippen LogP contribution in [0.4, 0.5) is 14.5 Å². The zero-order chi connectivity index (χ0) is 25.5. The number of benzene rings is 1. The number of anilines is 1. The van der Waals surface area contributed by atoms with Crippen molar-refractivity contribution in [2.45, 2.75) is 38.9 Å². The van der Waals surface area contributed by atoms with Gasteiger partial charge in [-0.3, -0.25) is 14.4 Å². The number of imide groups is 1. The van der Waals surface area contributed by atoms with Crippen molar-refractivity contribution in [2.75, 3.05) is 11.5 Å². The van der Waals surface area contributed by atoms with Gasteiger partial charge in [-0.05, 0) is 106 Å². The molecule has 1 atom stereocenters. The van der Waals surface area contributed by atoms with Crippen molar-refractivity contribution in [3.05, 3.63) is 33.5 Å². The minimum Gasteiger partial charge on any atom is -0.743 e. The van der Waals surface area contributed by atoms with Crippen LogP contribution in [0.5, 0.6) is 0 Å². The average molecular weight is 822 g/mol. The quantitative estimate of drug-likeness (QED) is 0.169. The predicted molar refractivity (Wildman–Crippen MR) is 139 cm³/mol. The molecule has 1 aliphatic rings. The summed E-state index contributed by atoms with van der Waals surface area (Å²) in [5.41, 5.74) is 1.62. The van der Waals surface area contributed by atoms with E-state index >= 15 is 0 Å². The van der Waals surface area contributed by atoms with Crippen LogP contribution in [0.2, 0.25) is 0 Å². The van der Waals surface area contributed by atoms with Crippen LogP contribution < -0.4 is 4.90 Å². The van der Waals surface area contributed by atoms with Crippen LogP contribution in [0.1, 0.15) is 32.8 Å². The molecule has 0 radical (unpaired) electrons. The highest BCUT2D eigenvalue weighted by atomic mass is 127. The van der Waals surface area contributed by atoms with Gasteiger partial charge in [0.25, 0.3) is 11.8 Å². The van der Waals surface area contributed by atoms with Crippen LogP contribution in [0.15, 0.2) is 17.2 Å². The lowest BCUT2D eigenvalue weighted by atomic mass is 9.96. The number of carbonyl (C=O) groups is 3. The van der Waals surface area contributed by atoms with Gasteiger partial charge in [0.05, 0.1) is 11.6 Å². The molecule has 0 bridgehead atoms. The molecule has 0 saturated carbocycles. The monoisotopic (exact) mass is 822 g/mol. The highest BCUT2D eigenvalue weighted by Crippen LogP contribution is 2.39. The molecule has 0 N–H and O–H groups in total. The van der Waals surface area contributed by atoms with Gasteiger partial charge in [0.2, 0.25) is 0 Å². The van der Waals surface area contributed by atoms with Gasteiger partial charge in [0, 0.05) is 21.9 Å². The zero-order valence-electron chi connectivity index (χ0n) is 17.4. The molecule has 0 spiro atoms. The Morgan fingerprint density at radius 3 is 2.12 bits per heavy atom. The van der Waals surface area contributed by atoms with E-state index < -0.39 is 45.7 Å². The fourth-order valence-electron chi connectivity index (χ4n) is 2.95. The summed E-state index contributed by atoms with van der Waals surface area (Å²) >= 11 is 6.00. The fourth-order valence-corrected chi connectivity index (χ4v) is 7.45. The molecule has 0 aromatic heterocycles. The maximum atomic E-state index is 13.4. The molecule has 182 valence electrons. The van der Waals surface area contributed by atoms with Gasteiger partial charge < -0.3 is 9.29 Å². The third kappa shape index (κ3) is 5.85. The second-order valence-electron chi connectivity index (χ2n) is 7.19. The number of hydrogen-bond donors (Lipinski definition) is 0. The minimum atomic E-state index is -5.98. The Bertz CT molecular complexity index is 1140. The molecule has 2 amide bonds. The van der Waals surface area contributed by atoms with E-state index in [1.165, 1.54) is 0 Å². The normalized spacial score (nSPS) is 16.0. The van der Waals surface area contributed by atoms with E-state index in [0.717, 1.165) is 4.90 Å². The van der Waals surface area contributed by atoms with Crippen LogP contribution in [-0.2, 0) is 35.7 Å². The number of carbonyl (C=O) groups excluding carboxylic acids is 3. The predicted octanol–water partition coefficient (Wildman–Crippen LogP) is 3.96. The molecule has 1 aliphatic heterocycles. The van der Waals surface area contributed by atoms with Crippen LogP contribution in [0.25, 0.3) is 0 Å². The maximum absolute atomic E-state index is 13.4. The number of amides is 2. The smallest absolute Gasteiger partial charge is 0.367 e. The molecule has 14 heteroatoms. The molecule has 0 saturated heterocycles. The Morgan fingerprint density at radius 1 is 1.15 bits per heavy atom. The SMILES string of the molecule is CCC(Cc1c(I)cc(I)c(N2C(=O)C(C)=C(C)C2=O)c1I)C(=O)OCC(F)(F)S(=O)(=O)[O-]. The average Bonchev–Trinajstić information content (AvgIpc) is 2.89. The Kier molecular flexibility index (Phi) is 9.28. The van der Waals surface area contributed by atoms with E-state index in [1.807, 2.05) is 67.8 Å². The summed E-state index contributed by atoms with van der Waals surface area (Å²) < 4.78 is 64.9. The third-order valence-electron chi connectivity index (χ3n) is 5.10. The van der Waals surface area contributed by atoms with Gasteiger partial charge in [-0.1, -0.05) is 6.92 Å². The van der Waals surface area contributed by atoms with Crippen molar-refractivity contribution in [2.24, 2.45) is 5.92 Å². The molecule has 0 aliphatic carbocycles. The minimum absolute atomic E-state index is 0.0209. The van der Waals surface area contributed by atoms with E-state index in [-0.39, 0.29) is 12.8 Å². The van der Waals surface area contributed by atoms with E-state index in [2.05, 4.69) is 4.74 Å². The Balaban J connectivity index is 2.37. The molecule has 2 rings (SSSR count). The number of nitrogens with zero attached hydrogens (tertiary/aromatic N) is 1.